The number of aliphatic hydroxyl groups excluding tert-OH is 3. The van der Waals surface area contributed by atoms with Gasteiger partial charge >= 0.3 is 0 Å². The van der Waals surface area contributed by atoms with Gasteiger partial charge in [-0.2, -0.15) is 0 Å². The van der Waals surface area contributed by atoms with Crippen LogP contribution in [0.5, 0.6) is 11.5 Å². The minimum atomic E-state index is -1.20. The number of nitrogens with zero attached hydrogens (tertiary/aromatic N) is 1. The van der Waals surface area contributed by atoms with Gasteiger partial charge < -0.3 is 35.0 Å². The summed E-state index contributed by atoms with van der Waals surface area (Å²) >= 11 is 12.5. The van der Waals surface area contributed by atoms with Crippen LogP contribution in [-0.2, 0) is 22.7 Å². The number of aliphatic hydroxyl groups is 3. The molecule has 1 fully saturated rings. The minimum absolute atomic E-state index is 0.0274. The van der Waals surface area contributed by atoms with E-state index >= 15 is 0 Å². The monoisotopic (exact) mass is 576 g/mol. The van der Waals surface area contributed by atoms with Gasteiger partial charge in [0.05, 0.1) is 32.3 Å². The fourth-order valence-electron chi connectivity index (χ4n) is 5.35. The molecule has 1 saturated carbocycles. The second-order valence-electron chi connectivity index (χ2n) is 9.99. The third-order valence-corrected chi connectivity index (χ3v) is 8.01. The van der Waals surface area contributed by atoms with Gasteiger partial charge in [0.1, 0.15) is 12.2 Å². The van der Waals surface area contributed by atoms with Crippen molar-refractivity contribution in [1.29, 1.82) is 0 Å². The molecule has 0 aromatic heterocycles. The largest absolute Gasteiger partial charge is 0.493 e. The topological polar surface area (TPSA) is 129 Å². The molecule has 0 saturated heterocycles. The van der Waals surface area contributed by atoms with Crippen LogP contribution in [0.1, 0.15) is 35.4 Å². The highest BCUT2D eigenvalue weighted by molar-refractivity contribution is 6.35. The van der Waals surface area contributed by atoms with Crippen molar-refractivity contribution in [3.05, 3.63) is 68.7 Å². The van der Waals surface area contributed by atoms with E-state index in [0.717, 1.165) is 12.8 Å². The van der Waals surface area contributed by atoms with E-state index in [0.29, 0.717) is 38.2 Å². The number of carbonyl (C=O) groups excluding carboxylic acids is 2. The Kier molecular flexibility index (Phi) is 8.07. The molecule has 39 heavy (non-hydrogen) atoms. The SMILES string of the molecule is COc1cc(CO)cc2c1OC1C2C(C(=O)NCCO)=CC(N(Cc2ccc(Cl)cc2Cl)C(=O)C2CC2)C1O. The Labute approximate surface area is 235 Å². The van der Waals surface area contributed by atoms with E-state index in [1.807, 2.05) is 0 Å². The first-order chi connectivity index (χ1) is 18.8. The van der Waals surface area contributed by atoms with Crippen molar-refractivity contribution in [1.82, 2.24) is 10.2 Å². The normalized spacial score (nSPS) is 23.3. The number of rotatable bonds is 9. The molecule has 208 valence electrons. The van der Waals surface area contributed by atoms with Gasteiger partial charge in [-0.05, 0) is 54.3 Å². The van der Waals surface area contributed by atoms with Crippen LogP contribution in [0.15, 0.2) is 42.0 Å². The van der Waals surface area contributed by atoms with Gasteiger partial charge in [-0.15, -0.1) is 0 Å². The number of methoxy groups -OCH3 is 1. The standard InChI is InChI=1S/C28H30Cl2N2O7/c1-38-22-9-14(13-34)8-18-23-19(27(36)31-6-7-33)11-21(24(35)26(23)39-25(18)22)32(28(37)15-2-3-15)12-16-4-5-17(29)10-20(16)30/h4-5,8-11,15,21,23-24,26,33-35H,2-3,6-7,12-13H2,1H3,(H,31,36). The van der Waals surface area contributed by atoms with Crippen molar-refractivity contribution in [2.45, 2.75) is 50.2 Å². The fourth-order valence-corrected chi connectivity index (χ4v) is 5.82. The average Bonchev–Trinajstić information content (AvgIpc) is 3.71. The first-order valence-corrected chi connectivity index (χ1v) is 13.5. The molecule has 4 atom stereocenters. The molecule has 1 aliphatic heterocycles. The van der Waals surface area contributed by atoms with Gasteiger partial charge in [-0.3, -0.25) is 9.59 Å². The maximum Gasteiger partial charge on any atom is 0.247 e. The summed E-state index contributed by atoms with van der Waals surface area (Å²) in [4.78, 5) is 28.5. The van der Waals surface area contributed by atoms with Crippen LogP contribution < -0.4 is 14.8 Å². The molecular weight excluding hydrogens is 547 g/mol. The molecule has 2 aliphatic carbocycles. The van der Waals surface area contributed by atoms with Gasteiger partial charge in [0.15, 0.2) is 11.5 Å². The third-order valence-electron chi connectivity index (χ3n) is 7.42. The van der Waals surface area contributed by atoms with Crippen molar-refractivity contribution in [2.24, 2.45) is 5.92 Å². The molecule has 5 rings (SSSR count). The Morgan fingerprint density at radius 1 is 1.18 bits per heavy atom. The molecule has 0 spiro atoms. The zero-order chi connectivity index (χ0) is 27.8. The summed E-state index contributed by atoms with van der Waals surface area (Å²) in [6, 6.07) is 7.47. The van der Waals surface area contributed by atoms with Crippen LogP contribution >= 0.6 is 23.2 Å². The van der Waals surface area contributed by atoms with E-state index in [-0.39, 0.29) is 43.7 Å². The summed E-state index contributed by atoms with van der Waals surface area (Å²) in [5, 5.41) is 34.4. The highest BCUT2D eigenvalue weighted by Gasteiger charge is 2.52. The molecule has 4 unspecified atom stereocenters. The van der Waals surface area contributed by atoms with Crippen LogP contribution in [0.25, 0.3) is 0 Å². The molecule has 0 radical (unpaired) electrons. The summed E-state index contributed by atoms with van der Waals surface area (Å²) in [6.45, 7) is -0.388. The number of halogens is 2. The first-order valence-electron chi connectivity index (χ1n) is 12.8. The van der Waals surface area contributed by atoms with Gasteiger partial charge in [0.2, 0.25) is 11.8 Å². The smallest absolute Gasteiger partial charge is 0.247 e. The van der Waals surface area contributed by atoms with Crippen LogP contribution in [-0.4, -0.2) is 70.5 Å². The predicted octanol–water partition coefficient (Wildman–Crippen LogP) is 2.56. The van der Waals surface area contributed by atoms with Crippen LogP contribution in [0.2, 0.25) is 10.0 Å². The number of fused-ring (bicyclic) bond motifs is 3. The molecule has 2 aromatic rings. The molecule has 0 bridgehead atoms. The molecular formula is C28H30Cl2N2O7. The van der Waals surface area contributed by atoms with Crippen molar-refractivity contribution in [2.75, 3.05) is 20.3 Å². The molecule has 1 heterocycles. The van der Waals surface area contributed by atoms with Crippen LogP contribution in [0.3, 0.4) is 0 Å². The zero-order valence-corrected chi connectivity index (χ0v) is 22.8. The molecule has 2 amide bonds. The van der Waals surface area contributed by atoms with E-state index in [1.165, 1.54) is 7.11 Å². The van der Waals surface area contributed by atoms with Crippen molar-refractivity contribution >= 4 is 35.0 Å². The summed E-state index contributed by atoms with van der Waals surface area (Å²) < 4.78 is 11.7. The van der Waals surface area contributed by atoms with Gasteiger partial charge in [0, 0.05) is 40.2 Å². The quantitative estimate of drug-likeness (QED) is 0.361. The molecule has 11 heteroatoms. The Balaban J connectivity index is 1.60. The number of hydrogen-bond donors (Lipinski definition) is 4. The average molecular weight is 577 g/mol. The van der Waals surface area contributed by atoms with Crippen molar-refractivity contribution < 1.29 is 34.4 Å². The number of benzene rings is 2. The van der Waals surface area contributed by atoms with E-state index < -0.39 is 30.1 Å². The Morgan fingerprint density at radius 3 is 2.59 bits per heavy atom. The van der Waals surface area contributed by atoms with E-state index in [2.05, 4.69) is 5.32 Å². The van der Waals surface area contributed by atoms with Gasteiger partial charge in [-0.1, -0.05) is 29.3 Å². The highest BCUT2D eigenvalue weighted by Crippen LogP contribution is 2.51. The summed E-state index contributed by atoms with van der Waals surface area (Å²) in [6.07, 6.45) is 0.986. The number of nitrogens with one attached hydrogen (secondary N) is 1. The highest BCUT2D eigenvalue weighted by atomic mass is 35.5. The van der Waals surface area contributed by atoms with E-state index in [9.17, 15) is 24.9 Å². The minimum Gasteiger partial charge on any atom is -0.493 e. The lowest BCUT2D eigenvalue weighted by molar-refractivity contribution is -0.139. The molecule has 9 nitrogen and oxygen atoms in total. The third kappa shape index (κ3) is 5.34. The maximum absolute atomic E-state index is 13.6. The molecule has 4 N–H and O–H groups in total. The lowest BCUT2D eigenvalue weighted by Crippen LogP contribution is -2.55. The fraction of sp³-hybridized carbons (Fsp3) is 0.429. The molecule has 2 aromatic carbocycles. The Hall–Kier alpha value is -2.82. The lowest BCUT2D eigenvalue weighted by atomic mass is 9.77. The van der Waals surface area contributed by atoms with E-state index in [4.69, 9.17) is 32.7 Å². The molecule has 3 aliphatic rings. The Bertz CT molecular complexity index is 1310. The lowest BCUT2D eigenvalue weighted by Gasteiger charge is -2.41. The summed E-state index contributed by atoms with van der Waals surface area (Å²) in [5.74, 6) is -0.735. The summed E-state index contributed by atoms with van der Waals surface area (Å²) in [7, 11) is 1.47. The first kappa shape index (κ1) is 27.7. The predicted molar refractivity (Wildman–Crippen MR) is 144 cm³/mol. The van der Waals surface area contributed by atoms with Crippen molar-refractivity contribution in [3.8, 4) is 11.5 Å². The number of carbonyl (C=O) groups is 2. The number of hydrogen-bond acceptors (Lipinski definition) is 7. The summed E-state index contributed by atoms with van der Waals surface area (Å²) in [5.41, 5.74) is 2.08. The van der Waals surface area contributed by atoms with Crippen molar-refractivity contribution in [3.63, 3.8) is 0 Å². The maximum atomic E-state index is 13.6. The second kappa shape index (κ2) is 11.3. The zero-order valence-electron chi connectivity index (χ0n) is 21.3. The number of ether oxygens (including phenoxy) is 2. The van der Waals surface area contributed by atoms with Crippen LogP contribution in [0, 0.1) is 5.92 Å². The Morgan fingerprint density at radius 2 is 1.95 bits per heavy atom. The van der Waals surface area contributed by atoms with Gasteiger partial charge in [-0.25, -0.2) is 0 Å². The van der Waals surface area contributed by atoms with Gasteiger partial charge in [0.25, 0.3) is 0 Å². The van der Waals surface area contributed by atoms with Crippen LogP contribution in [0.4, 0.5) is 0 Å². The second-order valence-corrected chi connectivity index (χ2v) is 10.8. The number of amides is 2. The van der Waals surface area contributed by atoms with E-state index in [1.54, 1.807) is 41.3 Å².